The van der Waals surface area contributed by atoms with Gasteiger partial charge in [-0.25, -0.2) is 0 Å². The van der Waals surface area contributed by atoms with Gasteiger partial charge in [-0.05, 0) is 50.8 Å². The molecular weight excluding hydrogens is 420 g/mol. The van der Waals surface area contributed by atoms with E-state index in [1.165, 1.54) is 0 Å². The van der Waals surface area contributed by atoms with E-state index in [9.17, 15) is 9.59 Å². The highest BCUT2D eigenvalue weighted by Gasteiger charge is 2.42. The SMILES string of the molecule is C=CCOc1cccc(C2c3c(oc4cc(OCC)ccc4c3=O)C(=O)N2CCN(C)C)c1. The van der Waals surface area contributed by atoms with Crippen LogP contribution in [0.25, 0.3) is 11.0 Å². The lowest BCUT2D eigenvalue weighted by Gasteiger charge is -2.26. The number of hydrogen-bond donors (Lipinski definition) is 0. The van der Waals surface area contributed by atoms with Crippen molar-refractivity contribution in [3.8, 4) is 11.5 Å². The van der Waals surface area contributed by atoms with Gasteiger partial charge in [-0.2, -0.15) is 0 Å². The van der Waals surface area contributed by atoms with E-state index in [2.05, 4.69) is 6.58 Å². The van der Waals surface area contributed by atoms with Gasteiger partial charge in [0.05, 0.1) is 23.6 Å². The molecule has 1 aliphatic rings. The van der Waals surface area contributed by atoms with Gasteiger partial charge in [-0.1, -0.05) is 24.8 Å². The van der Waals surface area contributed by atoms with Gasteiger partial charge in [0.2, 0.25) is 5.76 Å². The fraction of sp³-hybridized carbons (Fsp3) is 0.308. The Bertz CT molecular complexity index is 1250. The second kappa shape index (κ2) is 9.50. The highest BCUT2D eigenvalue weighted by molar-refractivity contribution is 5.99. The first-order valence-electron chi connectivity index (χ1n) is 11.0. The van der Waals surface area contributed by atoms with E-state index in [-0.39, 0.29) is 17.1 Å². The van der Waals surface area contributed by atoms with Crippen LogP contribution in [0.1, 0.15) is 34.6 Å². The lowest BCUT2D eigenvalue weighted by molar-refractivity contribution is 0.0716. The largest absolute Gasteiger partial charge is 0.494 e. The molecule has 1 aromatic heterocycles. The number of likely N-dealkylation sites (N-methyl/N-ethyl adjacent to an activating group) is 1. The number of hydrogen-bond acceptors (Lipinski definition) is 6. The summed E-state index contributed by atoms with van der Waals surface area (Å²) in [5.41, 5.74) is 1.28. The van der Waals surface area contributed by atoms with Crippen molar-refractivity contribution in [2.24, 2.45) is 0 Å². The normalized spacial score (nSPS) is 15.2. The molecule has 2 aromatic carbocycles. The van der Waals surface area contributed by atoms with Crippen LogP contribution in [-0.4, -0.2) is 56.1 Å². The first-order valence-corrected chi connectivity index (χ1v) is 11.0. The van der Waals surface area contributed by atoms with E-state index in [0.29, 0.717) is 54.3 Å². The maximum atomic E-state index is 13.6. The van der Waals surface area contributed by atoms with E-state index in [1.54, 1.807) is 29.2 Å². The summed E-state index contributed by atoms with van der Waals surface area (Å²) in [6.45, 7) is 7.50. The zero-order valence-electron chi connectivity index (χ0n) is 19.2. The standard InChI is InChI=1S/C26H28N2O5/c1-5-14-32-18-9-7-8-17(15-18)23-22-24(29)20-11-10-19(31-6-2)16-21(20)33-25(22)26(30)28(23)13-12-27(3)4/h5,7-11,15-16,23H,1,6,12-14H2,2-4H3. The second-order valence-corrected chi connectivity index (χ2v) is 8.14. The monoisotopic (exact) mass is 448 g/mol. The van der Waals surface area contributed by atoms with E-state index in [1.807, 2.05) is 50.2 Å². The quantitative estimate of drug-likeness (QED) is 0.463. The number of ether oxygens (including phenoxy) is 2. The Morgan fingerprint density at radius 2 is 1.91 bits per heavy atom. The van der Waals surface area contributed by atoms with Crippen molar-refractivity contribution in [1.82, 2.24) is 9.80 Å². The van der Waals surface area contributed by atoms with Crippen LogP contribution in [0, 0.1) is 0 Å². The van der Waals surface area contributed by atoms with Crippen molar-refractivity contribution < 1.29 is 18.7 Å². The average molecular weight is 449 g/mol. The molecule has 0 bridgehead atoms. The predicted molar refractivity (Wildman–Crippen MR) is 127 cm³/mol. The number of nitrogens with zero attached hydrogens (tertiary/aromatic N) is 2. The average Bonchev–Trinajstić information content (AvgIpc) is 3.08. The molecule has 4 rings (SSSR count). The predicted octanol–water partition coefficient (Wildman–Crippen LogP) is 3.86. The lowest BCUT2D eigenvalue weighted by atomic mass is 9.98. The molecule has 1 unspecified atom stereocenters. The van der Waals surface area contributed by atoms with Gasteiger partial charge < -0.3 is 23.7 Å². The van der Waals surface area contributed by atoms with Crippen LogP contribution in [0.5, 0.6) is 11.5 Å². The summed E-state index contributed by atoms with van der Waals surface area (Å²) in [6.07, 6.45) is 1.67. The van der Waals surface area contributed by atoms with Gasteiger partial charge in [0.25, 0.3) is 5.91 Å². The number of rotatable bonds is 9. The minimum absolute atomic E-state index is 0.0855. The third-order valence-corrected chi connectivity index (χ3v) is 5.58. The van der Waals surface area contributed by atoms with Crippen molar-refractivity contribution in [2.45, 2.75) is 13.0 Å². The number of fused-ring (bicyclic) bond motifs is 2. The first kappa shape index (κ1) is 22.6. The molecule has 1 atom stereocenters. The minimum Gasteiger partial charge on any atom is -0.494 e. The molecule has 1 amide bonds. The molecule has 172 valence electrons. The summed E-state index contributed by atoms with van der Waals surface area (Å²) < 4.78 is 17.3. The van der Waals surface area contributed by atoms with Crippen LogP contribution in [0.3, 0.4) is 0 Å². The smallest absolute Gasteiger partial charge is 0.290 e. The molecule has 0 spiro atoms. The Kier molecular flexibility index (Phi) is 6.51. The topological polar surface area (TPSA) is 72.2 Å². The van der Waals surface area contributed by atoms with Crippen molar-refractivity contribution in [1.29, 1.82) is 0 Å². The Hall–Kier alpha value is -3.58. The van der Waals surface area contributed by atoms with Crippen molar-refractivity contribution in [2.75, 3.05) is 40.4 Å². The molecule has 0 aliphatic carbocycles. The van der Waals surface area contributed by atoms with Crippen LogP contribution in [0.2, 0.25) is 0 Å². The van der Waals surface area contributed by atoms with Gasteiger partial charge in [-0.15, -0.1) is 0 Å². The minimum atomic E-state index is -0.563. The molecular formula is C26H28N2O5. The summed E-state index contributed by atoms with van der Waals surface area (Å²) in [5.74, 6) is 1.02. The van der Waals surface area contributed by atoms with Crippen LogP contribution >= 0.6 is 0 Å². The molecule has 0 saturated carbocycles. The Balaban J connectivity index is 1.87. The molecule has 3 aromatic rings. The zero-order valence-corrected chi connectivity index (χ0v) is 19.2. The van der Waals surface area contributed by atoms with E-state index >= 15 is 0 Å². The number of benzene rings is 2. The molecule has 2 heterocycles. The molecule has 0 radical (unpaired) electrons. The van der Waals surface area contributed by atoms with Crippen LogP contribution in [0.15, 0.2) is 64.3 Å². The zero-order chi connectivity index (χ0) is 23.5. The van der Waals surface area contributed by atoms with E-state index in [0.717, 1.165) is 5.56 Å². The van der Waals surface area contributed by atoms with Crippen LogP contribution < -0.4 is 14.9 Å². The summed E-state index contributed by atoms with van der Waals surface area (Å²) in [4.78, 5) is 30.8. The molecule has 0 fully saturated rings. The molecule has 0 saturated heterocycles. The Morgan fingerprint density at radius 1 is 1.12 bits per heavy atom. The fourth-order valence-corrected chi connectivity index (χ4v) is 4.07. The maximum absolute atomic E-state index is 13.6. The summed E-state index contributed by atoms with van der Waals surface area (Å²) in [5, 5.41) is 0.420. The van der Waals surface area contributed by atoms with Crippen molar-refractivity contribution in [3.63, 3.8) is 0 Å². The number of amides is 1. The summed E-state index contributed by atoms with van der Waals surface area (Å²) in [7, 11) is 3.89. The molecule has 7 heteroatoms. The van der Waals surface area contributed by atoms with E-state index in [4.69, 9.17) is 13.9 Å². The molecule has 7 nitrogen and oxygen atoms in total. The maximum Gasteiger partial charge on any atom is 0.290 e. The van der Waals surface area contributed by atoms with Gasteiger partial charge >= 0.3 is 0 Å². The third kappa shape index (κ3) is 4.36. The number of carbonyl (C=O) groups is 1. The second-order valence-electron chi connectivity index (χ2n) is 8.14. The lowest BCUT2D eigenvalue weighted by Crippen LogP contribution is -2.35. The van der Waals surface area contributed by atoms with Crippen molar-refractivity contribution in [3.05, 3.63) is 82.2 Å². The van der Waals surface area contributed by atoms with Crippen LogP contribution in [0.4, 0.5) is 0 Å². The van der Waals surface area contributed by atoms with Crippen LogP contribution in [-0.2, 0) is 0 Å². The molecule has 1 aliphatic heterocycles. The van der Waals surface area contributed by atoms with Gasteiger partial charge in [0.15, 0.2) is 5.43 Å². The number of carbonyl (C=O) groups excluding carboxylic acids is 1. The molecule has 0 N–H and O–H groups in total. The summed E-state index contributed by atoms with van der Waals surface area (Å²) in [6, 6.07) is 12.0. The third-order valence-electron chi connectivity index (χ3n) is 5.58. The Morgan fingerprint density at radius 3 is 2.64 bits per heavy atom. The van der Waals surface area contributed by atoms with Gasteiger partial charge in [0, 0.05) is 19.2 Å². The highest BCUT2D eigenvalue weighted by atomic mass is 16.5. The molecule has 33 heavy (non-hydrogen) atoms. The fourth-order valence-electron chi connectivity index (χ4n) is 4.07. The Labute approximate surface area is 192 Å². The van der Waals surface area contributed by atoms with Gasteiger partial charge in [0.1, 0.15) is 23.7 Å². The summed E-state index contributed by atoms with van der Waals surface area (Å²) >= 11 is 0. The first-order chi connectivity index (χ1) is 15.9. The van der Waals surface area contributed by atoms with Gasteiger partial charge in [-0.3, -0.25) is 9.59 Å². The highest BCUT2D eigenvalue weighted by Crippen LogP contribution is 2.39. The van der Waals surface area contributed by atoms with Crippen molar-refractivity contribution >= 4 is 16.9 Å². The van der Waals surface area contributed by atoms with E-state index < -0.39 is 6.04 Å².